The molecule has 1 aliphatic rings. The Balaban J connectivity index is 2.45. The van der Waals surface area contributed by atoms with E-state index in [0.717, 1.165) is 5.41 Å². The SMILES string of the molecule is CCC1(CC)CCCC1. The van der Waals surface area contributed by atoms with Crippen molar-refractivity contribution in [3.63, 3.8) is 0 Å². The van der Waals surface area contributed by atoms with Gasteiger partial charge in [-0.1, -0.05) is 39.5 Å². The second-order valence-electron chi connectivity index (χ2n) is 3.41. The van der Waals surface area contributed by atoms with Crippen molar-refractivity contribution in [2.24, 2.45) is 5.41 Å². The van der Waals surface area contributed by atoms with Gasteiger partial charge in [0.25, 0.3) is 0 Å². The summed E-state index contributed by atoms with van der Waals surface area (Å²) in [5.41, 5.74) is 0.778. The van der Waals surface area contributed by atoms with Gasteiger partial charge in [0, 0.05) is 0 Å². The first-order chi connectivity index (χ1) is 4.33. The quantitative estimate of drug-likeness (QED) is 0.532. The normalized spacial score (nSPS) is 24.7. The van der Waals surface area contributed by atoms with E-state index in [1.54, 1.807) is 0 Å². The van der Waals surface area contributed by atoms with Crippen molar-refractivity contribution in [2.75, 3.05) is 0 Å². The molecule has 0 radical (unpaired) electrons. The average molecular weight is 126 g/mol. The van der Waals surface area contributed by atoms with E-state index in [4.69, 9.17) is 0 Å². The highest BCUT2D eigenvalue weighted by Crippen LogP contribution is 2.43. The molecule has 0 amide bonds. The maximum absolute atomic E-state index is 2.34. The van der Waals surface area contributed by atoms with Crippen molar-refractivity contribution in [3.05, 3.63) is 0 Å². The lowest BCUT2D eigenvalue weighted by Crippen LogP contribution is -2.12. The predicted octanol–water partition coefficient (Wildman–Crippen LogP) is 3.37. The molecular weight excluding hydrogens is 108 g/mol. The van der Waals surface area contributed by atoms with Crippen molar-refractivity contribution in [1.29, 1.82) is 0 Å². The predicted molar refractivity (Wildman–Crippen MR) is 41.5 cm³/mol. The van der Waals surface area contributed by atoms with Gasteiger partial charge in [-0.15, -0.1) is 0 Å². The third-order valence-corrected chi connectivity index (χ3v) is 3.16. The first kappa shape index (κ1) is 7.11. The molecule has 0 heterocycles. The van der Waals surface area contributed by atoms with Gasteiger partial charge in [-0.25, -0.2) is 0 Å². The highest BCUT2D eigenvalue weighted by Gasteiger charge is 2.29. The minimum atomic E-state index is 0.778. The fourth-order valence-corrected chi connectivity index (χ4v) is 2.08. The molecule has 9 heavy (non-hydrogen) atoms. The maximum atomic E-state index is 2.34. The largest absolute Gasteiger partial charge is 0.0649 e. The van der Waals surface area contributed by atoms with Crippen LogP contribution < -0.4 is 0 Å². The van der Waals surface area contributed by atoms with Gasteiger partial charge < -0.3 is 0 Å². The van der Waals surface area contributed by atoms with E-state index in [1.165, 1.54) is 38.5 Å². The van der Waals surface area contributed by atoms with Crippen molar-refractivity contribution in [1.82, 2.24) is 0 Å². The molecule has 1 fully saturated rings. The number of hydrogen-bond acceptors (Lipinski definition) is 0. The van der Waals surface area contributed by atoms with Crippen LogP contribution in [0.25, 0.3) is 0 Å². The molecule has 1 saturated carbocycles. The smallest absolute Gasteiger partial charge is 0.0303 e. The summed E-state index contributed by atoms with van der Waals surface area (Å²) >= 11 is 0. The summed E-state index contributed by atoms with van der Waals surface area (Å²) in [6.45, 7) is 4.68. The maximum Gasteiger partial charge on any atom is -0.0303 e. The van der Waals surface area contributed by atoms with Crippen LogP contribution in [0, 0.1) is 5.41 Å². The Morgan fingerprint density at radius 3 is 1.67 bits per heavy atom. The standard InChI is InChI=1S/C9H18/c1-3-9(4-2)7-5-6-8-9/h3-8H2,1-2H3. The fourth-order valence-electron chi connectivity index (χ4n) is 2.08. The zero-order valence-corrected chi connectivity index (χ0v) is 6.74. The zero-order chi connectivity index (χ0) is 6.74. The second-order valence-corrected chi connectivity index (χ2v) is 3.41. The minimum absolute atomic E-state index is 0.778. The first-order valence-electron chi connectivity index (χ1n) is 4.33. The Morgan fingerprint density at radius 2 is 1.44 bits per heavy atom. The van der Waals surface area contributed by atoms with Crippen molar-refractivity contribution >= 4 is 0 Å². The van der Waals surface area contributed by atoms with Gasteiger partial charge in [0.05, 0.1) is 0 Å². The van der Waals surface area contributed by atoms with Gasteiger partial charge in [0.1, 0.15) is 0 Å². The van der Waals surface area contributed by atoms with Gasteiger partial charge in [0.15, 0.2) is 0 Å². The lowest BCUT2D eigenvalue weighted by atomic mass is 9.81. The van der Waals surface area contributed by atoms with Crippen LogP contribution in [-0.2, 0) is 0 Å². The third kappa shape index (κ3) is 1.28. The Morgan fingerprint density at radius 1 is 1.00 bits per heavy atom. The Kier molecular flexibility index (Phi) is 2.15. The molecule has 0 aliphatic heterocycles. The van der Waals surface area contributed by atoms with Crippen LogP contribution in [-0.4, -0.2) is 0 Å². The zero-order valence-electron chi connectivity index (χ0n) is 6.74. The summed E-state index contributed by atoms with van der Waals surface area (Å²) in [4.78, 5) is 0. The molecule has 0 aromatic rings. The molecule has 1 rings (SSSR count). The molecule has 0 aromatic heterocycles. The van der Waals surface area contributed by atoms with Crippen LogP contribution in [0.4, 0.5) is 0 Å². The number of hydrogen-bond donors (Lipinski definition) is 0. The minimum Gasteiger partial charge on any atom is -0.0649 e. The van der Waals surface area contributed by atoms with Crippen LogP contribution in [0.15, 0.2) is 0 Å². The molecule has 0 bridgehead atoms. The molecule has 0 nitrogen and oxygen atoms in total. The van der Waals surface area contributed by atoms with Gasteiger partial charge in [-0.3, -0.25) is 0 Å². The monoisotopic (exact) mass is 126 g/mol. The van der Waals surface area contributed by atoms with Crippen LogP contribution in [0.2, 0.25) is 0 Å². The molecule has 54 valence electrons. The van der Waals surface area contributed by atoms with Crippen molar-refractivity contribution in [3.8, 4) is 0 Å². The van der Waals surface area contributed by atoms with E-state index >= 15 is 0 Å². The van der Waals surface area contributed by atoms with E-state index in [2.05, 4.69) is 13.8 Å². The van der Waals surface area contributed by atoms with Gasteiger partial charge >= 0.3 is 0 Å². The lowest BCUT2D eigenvalue weighted by Gasteiger charge is -2.24. The van der Waals surface area contributed by atoms with Crippen LogP contribution >= 0.6 is 0 Å². The van der Waals surface area contributed by atoms with E-state index < -0.39 is 0 Å². The van der Waals surface area contributed by atoms with Gasteiger partial charge in [-0.05, 0) is 18.3 Å². The molecule has 0 aromatic carbocycles. The molecule has 0 atom stereocenters. The summed E-state index contributed by atoms with van der Waals surface area (Å²) in [6.07, 6.45) is 8.79. The lowest BCUT2D eigenvalue weighted by molar-refractivity contribution is 0.273. The summed E-state index contributed by atoms with van der Waals surface area (Å²) in [7, 11) is 0. The van der Waals surface area contributed by atoms with E-state index in [0.29, 0.717) is 0 Å². The number of rotatable bonds is 2. The van der Waals surface area contributed by atoms with Gasteiger partial charge in [-0.2, -0.15) is 0 Å². The molecule has 0 saturated heterocycles. The third-order valence-electron chi connectivity index (χ3n) is 3.16. The summed E-state index contributed by atoms with van der Waals surface area (Å²) in [5, 5.41) is 0. The molecule has 1 aliphatic carbocycles. The van der Waals surface area contributed by atoms with Crippen molar-refractivity contribution in [2.45, 2.75) is 52.4 Å². The second kappa shape index (κ2) is 2.72. The summed E-state index contributed by atoms with van der Waals surface area (Å²) in [5.74, 6) is 0. The summed E-state index contributed by atoms with van der Waals surface area (Å²) in [6, 6.07) is 0. The van der Waals surface area contributed by atoms with Crippen LogP contribution in [0.1, 0.15) is 52.4 Å². The fraction of sp³-hybridized carbons (Fsp3) is 1.00. The Hall–Kier alpha value is 0. The molecule has 0 spiro atoms. The topological polar surface area (TPSA) is 0 Å². The van der Waals surface area contributed by atoms with Crippen LogP contribution in [0.3, 0.4) is 0 Å². The first-order valence-corrected chi connectivity index (χ1v) is 4.33. The highest BCUT2D eigenvalue weighted by atomic mass is 14.3. The van der Waals surface area contributed by atoms with E-state index in [-0.39, 0.29) is 0 Å². The van der Waals surface area contributed by atoms with E-state index in [9.17, 15) is 0 Å². The van der Waals surface area contributed by atoms with Gasteiger partial charge in [0.2, 0.25) is 0 Å². The Bertz CT molecular complexity index is 72.0. The molecular formula is C9H18. The highest BCUT2D eigenvalue weighted by molar-refractivity contribution is 4.81. The summed E-state index contributed by atoms with van der Waals surface area (Å²) < 4.78 is 0. The molecule has 0 N–H and O–H groups in total. The molecule has 0 heteroatoms. The van der Waals surface area contributed by atoms with Crippen LogP contribution in [0.5, 0.6) is 0 Å². The van der Waals surface area contributed by atoms with Crippen molar-refractivity contribution < 1.29 is 0 Å². The Labute approximate surface area is 58.7 Å². The average Bonchev–Trinajstić information content (AvgIpc) is 2.36. The van der Waals surface area contributed by atoms with E-state index in [1.807, 2.05) is 0 Å². The molecule has 0 unspecified atom stereocenters.